The van der Waals surface area contributed by atoms with Gasteiger partial charge in [0.2, 0.25) is 5.88 Å². The maximum Gasteiger partial charge on any atom is 0.414 e. The Hall–Kier alpha value is -3.09. The molecule has 2 aromatic rings. The van der Waals surface area contributed by atoms with E-state index < -0.39 is 17.5 Å². The summed E-state index contributed by atoms with van der Waals surface area (Å²) in [6.45, 7) is 5.46. The number of pyridine rings is 1. The van der Waals surface area contributed by atoms with Gasteiger partial charge in [-0.25, -0.2) is 9.78 Å². The van der Waals surface area contributed by atoms with E-state index in [0.29, 0.717) is 5.69 Å². The fourth-order valence-corrected chi connectivity index (χ4v) is 1.84. The van der Waals surface area contributed by atoms with Crippen LogP contribution in [-0.4, -0.2) is 22.5 Å². The third-order valence-electron chi connectivity index (χ3n) is 2.76. The third kappa shape index (κ3) is 5.28. The van der Waals surface area contributed by atoms with Crippen molar-refractivity contribution in [1.82, 2.24) is 10.3 Å². The molecule has 0 aliphatic heterocycles. The molecule has 24 heavy (non-hydrogen) atoms. The van der Waals surface area contributed by atoms with E-state index in [9.17, 15) is 9.59 Å². The Morgan fingerprint density at radius 2 is 1.79 bits per heavy atom. The molecule has 0 spiro atoms. The zero-order chi connectivity index (χ0) is 17.7. The van der Waals surface area contributed by atoms with Gasteiger partial charge in [-0.2, -0.15) is 0 Å². The van der Waals surface area contributed by atoms with Crippen molar-refractivity contribution >= 4 is 23.4 Å². The van der Waals surface area contributed by atoms with Crippen LogP contribution in [0.2, 0.25) is 0 Å². The van der Waals surface area contributed by atoms with Gasteiger partial charge in [0.15, 0.2) is 0 Å². The Balaban J connectivity index is 2.13. The zero-order valence-corrected chi connectivity index (χ0v) is 13.8. The summed E-state index contributed by atoms with van der Waals surface area (Å²) >= 11 is 0. The summed E-state index contributed by atoms with van der Waals surface area (Å²) in [5.74, 6) is -0.496. The lowest BCUT2D eigenvalue weighted by atomic mass is 10.1. The van der Waals surface area contributed by atoms with E-state index in [1.54, 1.807) is 24.3 Å². The Morgan fingerprint density at radius 3 is 2.42 bits per heavy atom. The quantitative estimate of drug-likeness (QED) is 0.803. The monoisotopic (exact) mass is 328 g/mol. The normalized spacial score (nSPS) is 10.8. The molecular formula is C17H20N4O3. The molecule has 7 heteroatoms. The molecule has 0 atom stereocenters. The summed E-state index contributed by atoms with van der Waals surface area (Å²) in [7, 11) is 0. The van der Waals surface area contributed by atoms with Crippen molar-refractivity contribution in [1.29, 1.82) is 0 Å². The first-order valence-electron chi connectivity index (χ1n) is 7.37. The number of anilines is 2. The van der Waals surface area contributed by atoms with Gasteiger partial charge in [0.25, 0.3) is 5.91 Å². The van der Waals surface area contributed by atoms with Gasteiger partial charge in [-0.05, 0) is 39.0 Å². The first-order valence-corrected chi connectivity index (χ1v) is 7.37. The first-order chi connectivity index (χ1) is 11.2. The molecule has 1 aromatic carbocycles. The number of benzene rings is 1. The number of aromatic nitrogens is 1. The van der Waals surface area contributed by atoms with E-state index in [1.807, 2.05) is 26.8 Å². The summed E-state index contributed by atoms with van der Waals surface area (Å²) < 4.78 is 5.09. The highest BCUT2D eigenvalue weighted by Gasteiger charge is 2.17. The fraction of sp³-hybridized carbons (Fsp3) is 0.235. The first kappa shape index (κ1) is 17.3. The number of hydrogen-bond acceptors (Lipinski definition) is 5. The van der Waals surface area contributed by atoms with Gasteiger partial charge in [0.1, 0.15) is 5.69 Å². The molecule has 126 valence electrons. The third-order valence-corrected chi connectivity index (χ3v) is 2.76. The number of carbonyl (C=O) groups is 2. The summed E-state index contributed by atoms with van der Waals surface area (Å²) in [6, 6.07) is 11.7. The predicted octanol–water partition coefficient (Wildman–Crippen LogP) is 2.80. The highest BCUT2D eigenvalue weighted by Crippen LogP contribution is 2.16. The standard InChI is InChI=1S/C17H20N4O3/c1-17(2,3)21-16(23)24-14-10-11(18)9-13(20-14)15(22)19-12-7-5-4-6-8-12/h4-10H,1-3H3,(H2,18,20)(H,19,22)(H,21,23). The average molecular weight is 328 g/mol. The van der Waals surface area contributed by atoms with Crippen LogP contribution >= 0.6 is 0 Å². The van der Waals surface area contributed by atoms with Crippen LogP contribution in [0, 0.1) is 0 Å². The molecule has 1 aromatic heterocycles. The number of nitrogens with one attached hydrogen (secondary N) is 2. The number of para-hydroxylation sites is 1. The van der Waals surface area contributed by atoms with Gasteiger partial charge in [-0.15, -0.1) is 0 Å². The molecule has 0 fully saturated rings. The molecular weight excluding hydrogens is 308 g/mol. The SMILES string of the molecule is CC(C)(C)NC(=O)Oc1cc(N)cc(C(=O)Nc2ccccc2)n1. The molecule has 0 aliphatic rings. The number of ether oxygens (including phenoxy) is 1. The minimum atomic E-state index is -0.671. The Kier molecular flexibility index (Phi) is 5.03. The molecule has 0 unspecified atom stereocenters. The second-order valence-corrected chi connectivity index (χ2v) is 6.21. The van der Waals surface area contributed by atoms with Crippen LogP contribution in [0.15, 0.2) is 42.5 Å². The lowest BCUT2D eigenvalue weighted by molar-refractivity contribution is 0.102. The van der Waals surface area contributed by atoms with Crippen molar-refractivity contribution in [2.24, 2.45) is 0 Å². The van der Waals surface area contributed by atoms with Crippen molar-refractivity contribution in [2.45, 2.75) is 26.3 Å². The second kappa shape index (κ2) is 6.99. The summed E-state index contributed by atoms with van der Waals surface area (Å²) in [5.41, 5.74) is 6.25. The van der Waals surface area contributed by atoms with Crippen LogP contribution in [0.5, 0.6) is 5.88 Å². The average Bonchev–Trinajstić information content (AvgIpc) is 2.45. The van der Waals surface area contributed by atoms with Crippen LogP contribution in [0.3, 0.4) is 0 Å². The molecule has 4 N–H and O–H groups in total. The van der Waals surface area contributed by atoms with Crippen molar-refractivity contribution in [3.05, 3.63) is 48.2 Å². The van der Waals surface area contributed by atoms with Gasteiger partial charge in [-0.3, -0.25) is 4.79 Å². The van der Waals surface area contributed by atoms with E-state index in [1.165, 1.54) is 12.1 Å². The van der Waals surface area contributed by atoms with Crippen molar-refractivity contribution < 1.29 is 14.3 Å². The fourth-order valence-electron chi connectivity index (χ4n) is 1.84. The number of nitrogen functional groups attached to an aromatic ring is 1. The zero-order valence-electron chi connectivity index (χ0n) is 13.8. The number of nitrogens with two attached hydrogens (primary N) is 1. The molecule has 0 aliphatic carbocycles. The largest absolute Gasteiger partial charge is 0.414 e. The molecule has 1 heterocycles. The smallest absolute Gasteiger partial charge is 0.399 e. The van der Waals surface area contributed by atoms with Gasteiger partial charge in [-0.1, -0.05) is 18.2 Å². The molecule has 2 rings (SSSR count). The van der Waals surface area contributed by atoms with Gasteiger partial charge < -0.3 is 21.1 Å². The van der Waals surface area contributed by atoms with Crippen LogP contribution in [-0.2, 0) is 0 Å². The van der Waals surface area contributed by atoms with Crippen molar-refractivity contribution in [3.8, 4) is 5.88 Å². The topological polar surface area (TPSA) is 106 Å². The van der Waals surface area contributed by atoms with Gasteiger partial charge in [0.05, 0.1) is 0 Å². The van der Waals surface area contributed by atoms with Gasteiger partial charge in [0, 0.05) is 23.0 Å². The predicted molar refractivity (Wildman–Crippen MR) is 92.0 cm³/mol. The second-order valence-electron chi connectivity index (χ2n) is 6.21. The lowest BCUT2D eigenvalue weighted by Crippen LogP contribution is -2.42. The maximum absolute atomic E-state index is 12.2. The maximum atomic E-state index is 12.2. The van der Waals surface area contributed by atoms with Crippen LogP contribution in [0.25, 0.3) is 0 Å². The summed E-state index contributed by atoms with van der Waals surface area (Å²) in [5, 5.41) is 5.32. The van der Waals surface area contributed by atoms with E-state index in [2.05, 4.69) is 15.6 Å². The van der Waals surface area contributed by atoms with E-state index in [-0.39, 0.29) is 17.3 Å². The van der Waals surface area contributed by atoms with Crippen molar-refractivity contribution in [2.75, 3.05) is 11.1 Å². The van der Waals surface area contributed by atoms with Crippen LogP contribution in [0.4, 0.5) is 16.2 Å². The summed E-state index contributed by atoms with van der Waals surface area (Å²) in [4.78, 5) is 28.1. The molecule has 7 nitrogen and oxygen atoms in total. The lowest BCUT2D eigenvalue weighted by Gasteiger charge is -2.19. The van der Waals surface area contributed by atoms with Gasteiger partial charge >= 0.3 is 6.09 Å². The Labute approximate surface area is 140 Å². The minimum absolute atomic E-state index is 0.0463. The van der Waals surface area contributed by atoms with Crippen LogP contribution in [0.1, 0.15) is 31.3 Å². The van der Waals surface area contributed by atoms with E-state index >= 15 is 0 Å². The number of nitrogens with zero attached hydrogens (tertiary/aromatic N) is 1. The number of amides is 2. The highest BCUT2D eigenvalue weighted by molar-refractivity contribution is 6.03. The molecule has 0 bridgehead atoms. The Morgan fingerprint density at radius 1 is 1.12 bits per heavy atom. The van der Waals surface area contributed by atoms with E-state index in [0.717, 1.165) is 0 Å². The van der Waals surface area contributed by atoms with Crippen LogP contribution < -0.4 is 21.1 Å². The highest BCUT2D eigenvalue weighted by atomic mass is 16.6. The number of carbonyl (C=O) groups excluding carboxylic acids is 2. The van der Waals surface area contributed by atoms with Crippen molar-refractivity contribution in [3.63, 3.8) is 0 Å². The molecule has 2 amide bonds. The Bertz CT molecular complexity index is 739. The van der Waals surface area contributed by atoms with E-state index in [4.69, 9.17) is 10.5 Å². The number of rotatable bonds is 3. The number of hydrogen-bond donors (Lipinski definition) is 3. The molecule has 0 saturated carbocycles. The summed E-state index contributed by atoms with van der Waals surface area (Å²) in [6.07, 6.45) is -0.671. The molecule has 0 radical (unpaired) electrons. The minimum Gasteiger partial charge on any atom is -0.399 e. The molecule has 0 saturated heterocycles.